The van der Waals surface area contributed by atoms with E-state index in [0.717, 1.165) is 43.3 Å². The van der Waals surface area contributed by atoms with Crippen LogP contribution >= 0.6 is 0 Å². The molecule has 0 saturated carbocycles. The molecular formula is C16H26N2O2. The molecule has 0 aromatic heterocycles. The van der Waals surface area contributed by atoms with Gasteiger partial charge in [0.25, 0.3) is 0 Å². The van der Waals surface area contributed by atoms with Gasteiger partial charge in [0.05, 0.1) is 13.2 Å². The first-order valence-corrected chi connectivity index (χ1v) is 7.47. The fourth-order valence-electron chi connectivity index (χ4n) is 2.89. The topological polar surface area (TPSA) is 58.7 Å². The summed E-state index contributed by atoms with van der Waals surface area (Å²) in [5, 5.41) is 10.3. The first-order chi connectivity index (χ1) is 9.72. The number of rotatable bonds is 6. The average Bonchev–Trinajstić information content (AvgIpc) is 2.49. The molecule has 1 aromatic rings. The molecule has 4 nitrogen and oxygen atoms in total. The Labute approximate surface area is 121 Å². The number of methoxy groups -OCH3 is 1. The molecule has 0 spiro atoms. The van der Waals surface area contributed by atoms with Crippen LogP contribution in [0.15, 0.2) is 24.3 Å². The van der Waals surface area contributed by atoms with Crippen molar-refractivity contribution in [2.24, 2.45) is 11.7 Å². The second-order valence-electron chi connectivity index (χ2n) is 5.61. The summed E-state index contributed by atoms with van der Waals surface area (Å²) in [6.07, 6.45) is 3.08. The molecule has 4 heteroatoms. The number of β-amino-alcohol motifs (C(OH)–C–C–N with tert-alkyl or cyclic N) is 1. The van der Waals surface area contributed by atoms with Crippen molar-refractivity contribution < 1.29 is 9.84 Å². The normalized spacial score (nSPS) is 18.9. The fourth-order valence-corrected chi connectivity index (χ4v) is 2.89. The predicted octanol–water partition coefficient (Wildman–Crippen LogP) is 1.79. The van der Waals surface area contributed by atoms with Gasteiger partial charge in [-0.2, -0.15) is 0 Å². The van der Waals surface area contributed by atoms with Crippen LogP contribution in [-0.2, 0) is 0 Å². The summed E-state index contributed by atoms with van der Waals surface area (Å²) in [5.74, 6) is 1.56. The second kappa shape index (κ2) is 7.62. The fraction of sp³-hybridized carbons (Fsp3) is 0.625. The maximum absolute atomic E-state index is 10.3. The van der Waals surface area contributed by atoms with Crippen molar-refractivity contribution in [2.45, 2.75) is 25.4 Å². The smallest absolute Gasteiger partial charge is 0.119 e. The van der Waals surface area contributed by atoms with Crippen molar-refractivity contribution in [3.63, 3.8) is 0 Å². The van der Waals surface area contributed by atoms with Gasteiger partial charge in [-0.15, -0.1) is 0 Å². The summed E-state index contributed by atoms with van der Waals surface area (Å²) in [6.45, 7) is 3.61. The lowest BCUT2D eigenvalue weighted by atomic mass is 9.93. The van der Waals surface area contributed by atoms with Gasteiger partial charge in [0.15, 0.2) is 0 Å². The summed E-state index contributed by atoms with van der Waals surface area (Å²) in [7, 11) is 1.65. The van der Waals surface area contributed by atoms with E-state index < -0.39 is 6.10 Å². The lowest BCUT2D eigenvalue weighted by Crippen LogP contribution is -2.37. The van der Waals surface area contributed by atoms with E-state index >= 15 is 0 Å². The number of ether oxygens (including phenoxy) is 1. The number of nitrogens with zero attached hydrogens (tertiary/aromatic N) is 1. The number of aliphatic hydroxyl groups excluding tert-OH is 1. The number of hydrogen-bond acceptors (Lipinski definition) is 4. The second-order valence-corrected chi connectivity index (χ2v) is 5.61. The molecular weight excluding hydrogens is 252 g/mol. The summed E-state index contributed by atoms with van der Waals surface area (Å²) in [5.41, 5.74) is 6.54. The maximum atomic E-state index is 10.3. The van der Waals surface area contributed by atoms with Crippen molar-refractivity contribution in [1.82, 2.24) is 4.90 Å². The van der Waals surface area contributed by atoms with Gasteiger partial charge in [-0.05, 0) is 62.5 Å². The molecule has 1 fully saturated rings. The predicted molar refractivity (Wildman–Crippen MR) is 80.8 cm³/mol. The minimum absolute atomic E-state index is 0.448. The molecule has 1 aliphatic rings. The number of piperidine rings is 1. The molecule has 1 aliphatic heterocycles. The summed E-state index contributed by atoms with van der Waals surface area (Å²) < 4.78 is 5.20. The van der Waals surface area contributed by atoms with Gasteiger partial charge in [0.2, 0.25) is 0 Å². The zero-order valence-electron chi connectivity index (χ0n) is 12.3. The quantitative estimate of drug-likeness (QED) is 0.833. The minimum Gasteiger partial charge on any atom is -0.497 e. The van der Waals surface area contributed by atoms with Gasteiger partial charge in [0.1, 0.15) is 5.75 Å². The molecule has 112 valence electrons. The largest absolute Gasteiger partial charge is 0.497 e. The molecule has 0 amide bonds. The number of benzene rings is 1. The van der Waals surface area contributed by atoms with E-state index in [9.17, 15) is 5.11 Å². The molecule has 1 heterocycles. The van der Waals surface area contributed by atoms with E-state index in [1.165, 1.54) is 12.8 Å². The van der Waals surface area contributed by atoms with Crippen molar-refractivity contribution in [1.29, 1.82) is 0 Å². The van der Waals surface area contributed by atoms with Crippen LogP contribution in [0.25, 0.3) is 0 Å². The first-order valence-electron chi connectivity index (χ1n) is 7.47. The van der Waals surface area contributed by atoms with Crippen LogP contribution in [0.4, 0.5) is 0 Å². The van der Waals surface area contributed by atoms with Crippen LogP contribution in [0, 0.1) is 5.92 Å². The molecule has 2 rings (SSSR count). The van der Waals surface area contributed by atoms with Crippen molar-refractivity contribution >= 4 is 0 Å². The Morgan fingerprint density at radius 2 is 2.15 bits per heavy atom. The van der Waals surface area contributed by atoms with Gasteiger partial charge in [-0.1, -0.05) is 12.1 Å². The highest BCUT2D eigenvalue weighted by Gasteiger charge is 2.21. The van der Waals surface area contributed by atoms with E-state index in [1.807, 2.05) is 24.3 Å². The molecule has 3 N–H and O–H groups in total. The Morgan fingerprint density at radius 1 is 1.40 bits per heavy atom. The lowest BCUT2D eigenvalue weighted by Gasteiger charge is -2.33. The maximum Gasteiger partial charge on any atom is 0.119 e. The average molecular weight is 278 g/mol. The Morgan fingerprint density at radius 3 is 2.80 bits per heavy atom. The Hall–Kier alpha value is -1.10. The van der Waals surface area contributed by atoms with Crippen LogP contribution in [0.1, 0.15) is 30.9 Å². The van der Waals surface area contributed by atoms with Crippen LogP contribution in [0.3, 0.4) is 0 Å². The SMILES string of the molecule is COc1cccc(C(O)CN2CCC(CCN)CC2)c1. The molecule has 1 atom stereocenters. The summed E-state index contributed by atoms with van der Waals surface area (Å²) >= 11 is 0. The molecule has 1 saturated heterocycles. The third-order valence-corrected chi connectivity index (χ3v) is 4.19. The molecule has 0 radical (unpaired) electrons. The van der Waals surface area contributed by atoms with Crippen molar-refractivity contribution in [2.75, 3.05) is 33.3 Å². The zero-order chi connectivity index (χ0) is 14.4. The highest BCUT2D eigenvalue weighted by atomic mass is 16.5. The van der Waals surface area contributed by atoms with Gasteiger partial charge < -0.3 is 20.5 Å². The highest BCUT2D eigenvalue weighted by molar-refractivity contribution is 5.29. The van der Waals surface area contributed by atoms with Crippen molar-refractivity contribution in [3.8, 4) is 5.75 Å². The van der Waals surface area contributed by atoms with Crippen molar-refractivity contribution in [3.05, 3.63) is 29.8 Å². The Bertz CT molecular complexity index is 403. The molecule has 0 bridgehead atoms. The van der Waals surface area contributed by atoms with E-state index in [-0.39, 0.29) is 0 Å². The van der Waals surface area contributed by atoms with E-state index in [0.29, 0.717) is 6.54 Å². The lowest BCUT2D eigenvalue weighted by molar-refractivity contribution is 0.0882. The molecule has 1 aromatic carbocycles. The van der Waals surface area contributed by atoms with Gasteiger partial charge in [-0.25, -0.2) is 0 Å². The van der Waals surface area contributed by atoms with E-state index in [1.54, 1.807) is 7.11 Å². The first kappa shape index (κ1) is 15.3. The van der Waals surface area contributed by atoms with Crippen LogP contribution in [-0.4, -0.2) is 43.3 Å². The Balaban J connectivity index is 1.84. The monoisotopic (exact) mass is 278 g/mol. The van der Waals surface area contributed by atoms with Gasteiger partial charge in [0, 0.05) is 6.54 Å². The van der Waals surface area contributed by atoms with Crippen LogP contribution in [0.5, 0.6) is 5.75 Å². The number of nitrogens with two attached hydrogens (primary N) is 1. The molecule has 1 unspecified atom stereocenters. The minimum atomic E-state index is -0.448. The number of hydrogen-bond donors (Lipinski definition) is 2. The van der Waals surface area contributed by atoms with Gasteiger partial charge in [-0.3, -0.25) is 0 Å². The van der Waals surface area contributed by atoms with E-state index in [2.05, 4.69) is 4.90 Å². The molecule has 20 heavy (non-hydrogen) atoms. The van der Waals surface area contributed by atoms with Gasteiger partial charge >= 0.3 is 0 Å². The highest BCUT2D eigenvalue weighted by Crippen LogP contribution is 2.24. The standard InChI is InChI=1S/C16H26N2O2/c1-20-15-4-2-3-14(11-15)16(19)12-18-9-6-13(5-8-17)7-10-18/h2-4,11,13,16,19H,5-10,12,17H2,1H3. The number of likely N-dealkylation sites (tertiary alicyclic amines) is 1. The Kier molecular flexibility index (Phi) is 5.83. The molecule has 0 aliphatic carbocycles. The summed E-state index contributed by atoms with van der Waals surface area (Å²) in [4.78, 5) is 2.34. The third kappa shape index (κ3) is 4.20. The number of aliphatic hydroxyl groups is 1. The third-order valence-electron chi connectivity index (χ3n) is 4.19. The van der Waals surface area contributed by atoms with Crippen LogP contribution < -0.4 is 10.5 Å². The van der Waals surface area contributed by atoms with Crippen LogP contribution in [0.2, 0.25) is 0 Å². The van der Waals surface area contributed by atoms with E-state index in [4.69, 9.17) is 10.5 Å². The zero-order valence-corrected chi connectivity index (χ0v) is 12.3. The summed E-state index contributed by atoms with van der Waals surface area (Å²) in [6, 6.07) is 7.68.